The summed E-state index contributed by atoms with van der Waals surface area (Å²) < 4.78 is 1.21. The van der Waals surface area contributed by atoms with Crippen LogP contribution in [0, 0.1) is 0 Å². The topological polar surface area (TPSA) is 55.1 Å². The number of nitrogens with one attached hydrogen (secondary N) is 1. The Morgan fingerprint density at radius 2 is 2.21 bits per heavy atom. The van der Waals surface area contributed by atoms with Gasteiger partial charge in [0.2, 0.25) is 5.91 Å². The summed E-state index contributed by atoms with van der Waals surface area (Å²) in [5.74, 6) is -0.347. The minimum atomic E-state index is -0.347. The molecule has 4 heteroatoms. The SMILES string of the molecule is NC(=O)CNc1csc2ccccc12. The summed E-state index contributed by atoms with van der Waals surface area (Å²) in [5, 5.41) is 6.13. The number of anilines is 1. The number of nitrogens with two attached hydrogens (primary N) is 1. The van der Waals surface area contributed by atoms with E-state index in [1.54, 1.807) is 11.3 Å². The number of primary amides is 1. The predicted molar refractivity (Wildman–Crippen MR) is 59.5 cm³/mol. The number of hydrogen-bond acceptors (Lipinski definition) is 3. The molecule has 0 atom stereocenters. The molecule has 72 valence electrons. The molecule has 2 rings (SSSR count). The van der Waals surface area contributed by atoms with E-state index in [1.807, 2.05) is 23.6 Å². The van der Waals surface area contributed by atoms with Gasteiger partial charge in [0, 0.05) is 15.5 Å². The molecule has 1 amide bonds. The normalized spacial score (nSPS) is 10.3. The minimum absolute atomic E-state index is 0.181. The average Bonchev–Trinajstić information content (AvgIpc) is 2.58. The number of rotatable bonds is 3. The molecule has 0 fully saturated rings. The maximum Gasteiger partial charge on any atom is 0.236 e. The monoisotopic (exact) mass is 206 g/mol. The van der Waals surface area contributed by atoms with E-state index < -0.39 is 0 Å². The van der Waals surface area contributed by atoms with Crippen LogP contribution in [0.4, 0.5) is 5.69 Å². The molecule has 1 aromatic carbocycles. The van der Waals surface area contributed by atoms with Crippen molar-refractivity contribution in [2.24, 2.45) is 5.73 Å². The molecule has 0 saturated carbocycles. The maximum absolute atomic E-state index is 10.6. The Morgan fingerprint density at radius 1 is 1.43 bits per heavy atom. The Hall–Kier alpha value is -1.55. The van der Waals surface area contributed by atoms with Crippen LogP contribution in [-0.2, 0) is 4.79 Å². The first-order chi connectivity index (χ1) is 6.77. The lowest BCUT2D eigenvalue weighted by Gasteiger charge is -2.00. The zero-order valence-electron chi connectivity index (χ0n) is 7.49. The summed E-state index contributed by atoms with van der Waals surface area (Å²) >= 11 is 1.65. The molecule has 1 aromatic heterocycles. The van der Waals surface area contributed by atoms with Crippen LogP contribution in [0.1, 0.15) is 0 Å². The molecular formula is C10H10N2OS. The molecule has 3 N–H and O–H groups in total. The smallest absolute Gasteiger partial charge is 0.236 e. The highest BCUT2D eigenvalue weighted by molar-refractivity contribution is 7.17. The lowest BCUT2D eigenvalue weighted by molar-refractivity contribution is -0.116. The highest BCUT2D eigenvalue weighted by atomic mass is 32.1. The number of hydrogen-bond donors (Lipinski definition) is 2. The van der Waals surface area contributed by atoms with Crippen LogP contribution in [0.2, 0.25) is 0 Å². The van der Waals surface area contributed by atoms with E-state index in [-0.39, 0.29) is 12.5 Å². The van der Waals surface area contributed by atoms with E-state index >= 15 is 0 Å². The zero-order valence-corrected chi connectivity index (χ0v) is 8.30. The van der Waals surface area contributed by atoms with Crippen molar-refractivity contribution in [3.63, 3.8) is 0 Å². The van der Waals surface area contributed by atoms with Gasteiger partial charge in [-0.1, -0.05) is 18.2 Å². The third-order valence-corrected chi connectivity index (χ3v) is 2.90. The maximum atomic E-state index is 10.6. The summed E-state index contributed by atoms with van der Waals surface area (Å²) in [6.07, 6.45) is 0. The van der Waals surface area contributed by atoms with Crippen LogP contribution in [0.5, 0.6) is 0 Å². The highest BCUT2D eigenvalue weighted by Gasteiger charge is 2.02. The highest BCUT2D eigenvalue weighted by Crippen LogP contribution is 2.29. The molecule has 0 aliphatic heterocycles. The molecule has 0 aliphatic carbocycles. The van der Waals surface area contributed by atoms with Gasteiger partial charge in [0.15, 0.2) is 0 Å². The van der Waals surface area contributed by atoms with E-state index in [0.29, 0.717) is 0 Å². The predicted octanol–water partition coefficient (Wildman–Crippen LogP) is 1.80. The van der Waals surface area contributed by atoms with Crippen molar-refractivity contribution in [1.29, 1.82) is 0 Å². The van der Waals surface area contributed by atoms with Gasteiger partial charge in [-0.05, 0) is 6.07 Å². The summed E-state index contributed by atoms with van der Waals surface area (Å²) in [6.45, 7) is 0.181. The molecule has 1 heterocycles. The largest absolute Gasteiger partial charge is 0.375 e. The van der Waals surface area contributed by atoms with Crippen molar-refractivity contribution >= 4 is 33.0 Å². The van der Waals surface area contributed by atoms with Crippen molar-refractivity contribution in [2.75, 3.05) is 11.9 Å². The van der Waals surface area contributed by atoms with Gasteiger partial charge in [0.05, 0.1) is 12.2 Å². The molecule has 0 unspecified atom stereocenters. The van der Waals surface area contributed by atoms with E-state index in [0.717, 1.165) is 11.1 Å². The number of benzene rings is 1. The lowest BCUT2D eigenvalue weighted by Crippen LogP contribution is -2.21. The standard InChI is InChI=1S/C10H10N2OS/c11-10(13)5-12-8-6-14-9-4-2-1-3-7(8)9/h1-4,6,12H,5H2,(H2,11,13). The Morgan fingerprint density at radius 3 is 3.00 bits per heavy atom. The van der Waals surface area contributed by atoms with Crippen LogP contribution in [-0.4, -0.2) is 12.5 Å². The number of carbonyl (C=O) groups is 1. The first-order valence-electron chi connectivity index (χ1n) is 4.26. The van der Waals surface area contributed by atoms with Gasteiger partial charge in [-0.15, -0.1) is 11.3 Å². The first kappa shape index (κ1) is 9.02. The lowest BCUT2D eigenvalue weighted by atomic mass is 10.2. The van der Waals surface area contributed by atoms with Crippen LogP contribution in [0.15, 0.2) is 29.6 Å². The molecule has 0 spiro atoms. The van der Waals surface area contributed by atoms with Crippen molar-refractivity contribution in [2.45, 2.75) is 0 Å². The Kier molecular flexibility index (Phi) is 2.37. The summed E-state index contributed by atoms with van der Waals surface area (Å²) in [7, 11) is 0. The number of thiophene rings is 1. The molecule has 0 bridgehead atoms. The molecule has 0 radical (unpaired) electrons. The van der Waals surface area contributed by atoms with Gasteiger partial charge in [-0.25, -0.2) is 0 Å². The van der Waals surface area contributed by atoms with E-state index in [1.165, 1.54) is 4.70 Å². The fourth-order valence-electron chi connectivity index (χ4n) is 1.30. The number of carbonyl (C=O) groups excluding carboxylic acids is 1. The first-order valence-corrected chi connectivity index (χ1v) is 5.14. The fourth-order valence-corrected chi connectivity index (χ4v) is 2.21. The summed E-state index contributed by atoms with van der Waals surface area (Å²) in [6, 6.07) is 8.05. The second-order valence-corrected chi connectivity index (χ2v) is 3.88. The average molecular weight is 206 g/mol. The summed E-state index contributed by atoms with van der Waals surface area (Å²) in [4.78, 5) is 10.6. The number of fused-ring (bicyclic) bond motifs is 1. The molecule has 2 aromatic rings. The van der Waals surface area contributed by atoms with Gasteiger partial charge >= 0.3 is 0 Å². The summed E-state index contributed by atoms with van der Waals surface area (Å²) in [5.41, 5.74) is 6.03. The van der Waals surface area contributed by atoms with Crippen molar-refractivity contribution in [3.05, 3.63) is 29.6 Å². The zero-order chi connectivity index (χ0) is 9.97. The minimum Gasteiger partial charge on any atom is -0.375 e. The van der Waals surface area contributed by atoms with Gasteiger partial charge in [0.1, 0.15) is 0 Å². The van der Waals surface area contributed by atoms with Crippen LogP contribution in [0.3, 0.4) is 0 Å². The van der Waals surface area contributed by atoms with Crippen molar-refractivity contribution in [1.82, 2.24) is 0 Å². The molecule has 0 saturated heterocycles. The van der Waals surface area contributed by atoms with E-state index in [4.69, 9.17) is 5.73 Å². The Balaban J connectivity index is 2.29. The van der Waals surface area contributed by atoms with Crippen LogP contribution < -0.4 is 11.1 Å². The van der Waals surface area contributed by atoms with Gasteiger partial charge in [-0.2, -0.15) is 0 Å². The Bertz CT molecular complexity index is 464. The van der Waals surface area contributed by atoms with Gasteiger partial charge in [0.25, 0.3) is 0 Å². The van der Waals surface area contributed by atoms with Gasteiger partial charge < -0.3 is 11.1 Å². The third kappa shape index (κ3) is 1.70. The van der Waals surface area contributed by atoms with Crippen molar-refractivity contribution in [3.8, 4) is 0 Å². The third-order valence-electron chi connectivity index (χ3n) is 1.93. The number of amides is 1. The van der Waals surface area contributed by atoms with Crippen LogP contribution >= 0.6 is 11.3 Å². The quantitative estimate of drug-likeness (QED) is 0.804. The van der Waals surface area contributed by atoms with Gasteiger partial charge in [-0.3, -0.25) is 4.79 Å². The molecule has 3 nitrogen and oxygen atoms in total. The van der Waals surface area contributed by atoms with E-state index in [9.17, 15) is 4.79 Å². The Labute approximate surface area is 85.5 Å². The van der Waals surface area contributed by atoms with Crippen molar-refractivity contribution < 1.29 is 4.79 Å². The fraction of sp³-hybridized carbons (Fsp3) is 0.100. The molecule has 14 heavy (non-hydrogen) atoms. The van der Waals surface area contributed by atoms with Crippen LogP contribution in [0.25, 0.3) is 10.1 Å². The second-order valence-electron chi connectivity index (χ2n) is 2.97. The van der Waals surface area contributed by atoms with E-state index in [2.05, 4.69) is 11.4 Å². The molecular weight excluding hydrogens is 196 g/mol. The molecule has 0 aliphatic rings. The second kappa shape index (κ2) is 3.67.